The van der Waals surface area contributed by atoms with Crippen LogP contribution in [0.5, 0.6) is 0 Å². The molecule has 13 heteroatoms. The second-order valence-electron chi connectivity index (χ2n) is 6.74. The number of benzene rings is 3. The summed E-state index contributed by atoms with van der Waals surface area (Å²) in [6, 6.07) is 17.3. The molecule has 0 spiro atoms. The predicted octanol–water partition coefficient (Wildman–Crippen LogP) is 8.03. The molecular formula is C21H14Cl2F6O3S2. The fourth-order valence-corrected chi connectivity index (χ4v) is 8.29. The van der Waals surface area contributed by atoms with Crippen LogP contribution in [-0.4, -0.2) is 26.0 Å². The number of hydrogen-bond acceptors (Lipinski definition) is 3. The minimum Gasteiger partial charge on any atom is -0.203 e. The highest BCUT2D eigenvalue weighted by atomic mass is 35.5. The van der Waals surface area contributed by atoms with Crippen molar-refractivity contribution in [3.05, 3.63) is 88.9 Å². The SMILES string of the molecule is O=S(=O)(OS(c1ccccc1)(c1ccc(Cl)cc1)c1ccc(Cl)cc1)C(F)(F)C(F)(F)C(F)F. The lowest BCUT2D eigenvalue weighted by atomic mass is 10.3. The summed E-state index contributed by atoms with van der Waals surface area (Å²) in [5, 5.41) is -5.88. The molecule has 0 fully saturated rings. The van der Waals surface area contributed by atoms with E-state index in [9.17, 15) is 34.8 Å². The van der Waals surface area contributed by atoms with Gasteiger partial charge in [0.25, 0.3) is 0 Å². The van der Waals surface area contributed by atoms with Crippen molar-refractivity contribution < 1.29 is 38.4 Å². The predicted molar refractivity (Wildman–Crippen MR) is 118 cm³/mol. The van der Waals surface area contributed by atoms with Gasteiger partial charge in [0, 0.05) is 24.7 Å². The van der Waals surface area contributed by atoms with E-state index in [2.05, 4.69) is 0 Å². The fourth-order valence-electron chi connectivity index (χ4n) is 2.86. The Balaban J connectivity index is 2.37. The first-order chi connectivity index (χ1) is 15.8. The topological polar surface area (TPSA) is 43.4 Å². The molecule has 0 aliphatic rings. The Morgan fingerprint density at radius 2 is 1.06 bits per heavy atom. The molecule has 0 saturated carbocycles. The van der Waals surface area contributed by atoms with Crippen molar-refractivity contribution in [3.8, 4) is 0 Å². The molecule has 3 aromatic rings. The van der Waals surface area contributed by atoms with E-state index in [1.54, 1.807) is 0 Å². The molecule has 184 valence electrons. The van der Waals surface area contributed by atoms with Gasteiger partial charge in [-0.2, -0.15) is 26.0 Å². The maximum absolute atomic E-state index is 14.5. The molecule has 0 saturated heterocycles. The highest BCUT2D eigenvalue weighted by Gasteiger charge is 2.72. The average Bonchev–Trinajstić information content (AvgIpc) is 2.79. The van der Waals surface area contributed by atoms with E-state index < -0.39 is 38.0 Å². The van der Waals surface area contributed by atoms with E-state index in [1.165, 1.54) is 78.9 Å². The first-order valence-corrected chi connectivity index (χ1v) is 12.9. The molecule has 0 radical (unpaired) electrons. The van der Waals surface area contributed by atoms with Crippen molar-refractivity contribution in [2.24, 2.45) is 0 Å². The molecule has 0 N–H and O–H groups in total. The highest BCUT2D eigenvalue weighted by Crippen LogP contribution is 2.71. The summed E-state index contributed by atoms with van der Waals surface area (Å²) in [6.45, 7) is 0. The third-order valence-electron chi connectivity index (χ3n) is 4.53. The van der Waals surface area contributed by atoms with Crippen molar-refractivity contribution in [3.63, 3.8) is 0 Å². The van der Waals surface area contributed by atoms with Crippen LogP contribution >= 0.6 is 33.5 Å². The highest BCUT2D eigenvalue weighted by molar-refractivity contribution is 8.33. The second-order valence-corrected chi connectivity index (χ2v) is 12.1. The van der Waals surface area contributed by atoms with Crippen LogP contribution in [0, 0.1) is 0 Å². The molecule has 0 aliphatic carbocycles. The summed E-state index contributed by atoms with van der Waals surface area (Å²) < 4.78 is 112. The molecule has 3 nitrogen and oxygen atoms in total. The molecule has 0 heterocycles. The summed E-state index contributed by atoms with van der Waals surface area (Å²) in [6.07, 6.45) is -4.98. The zero-order valence-electron chi connectivity index (χ0n) is 16.6. The molecular weight excluding hydrogens is 549 g/mol. The van der Waals surface area contributed by atoms with Crippen LogP contribution in [0.3, 0.4) is 0 Å². The third kappa shape index (κ3) is 4.64. The Labute approximate surface area is 202 Å². The van der Waals surface area contributed by atoms with Crippen LogP contribution in [0.2, 0.25) is 10.0 Å². The van der Waals surface area contributed by atoms with E-state index in [1.807, 2.05) is 0 Å². The van der Waals surface area contributed by atoms with Crippen LogP contribution in [-0.2, 0) is 13.7 Å². The number of halogens is 8. The van der Waals surface area contributed by atoms with E-state index in [0.29, 0.717) is 0 Å². The first-order valence-electron chi connectivity index (χ1n) is 9.15. The van der Waals surface area contributed by atoms with Crippen molar-refractivity contribution in [1.82, 2.24) is 0 Å². The van der Waals surface area contributed by atoms with Gasteiger partial charge in [0.2, 0.25) is 0 Å². The molecule has 0 aromatic heterocycles. The Morgan fingerprint density at radius 3 is 1.44 bits per heavy atom. The standard InChI is InChI=1S/C21H14Cl2F6O3S2/c22-14-6-10-17(11-7-14)33(16-4-2-1-3-5-16,18-12-8-15(23)9-13-18)32-34(30,31)21(28,29)20(26,27)19(24)25/h1-13,19H. The van der Waals surface area contributed by atoms with Crippen molar-refractivity contribution in [2.75, 3.05) is 0 Å². The van der Waals surface area contributed by atoms with E-state index in [0.717, 1.165) is 0 Å². The summed E-state index contributed by atoms with van der Waals surface area (Å²) in [5.41, 5.74) is 0. The number of hydrogen-bond donors (Lipinski definition) is 0. The minimum atomic E-state index is -6.68. The van der Waals surface area contributed by atoms with Crippen LogP contribution in [0.15, 0.2) is 93.5 Å². The maximum atomic E-state index is 14.5. The van der Waals surface area contributed by atoms with Gasteiger partial charge in [-0.3, -0.25) is 0 Å². The van der Waals surface area contributed by atoms with E-state index in [-0.39, 0.29) is 24.7 Å². The summed E-state index contributed by atoms with van der Waals surface area (Å²) >= 11 is 11.8. The Hall–Kier alpha value is -1.92. The van der Waals surface area contributed by atoms with Gasteiger partial charge in [-0.25, -0.2) is 12.4 Å². The Bertz CT molecular complexity index is 1190. The van der Waals surface area contributed by atoms with Gasteiger partial charge in [0.1, 0.15) is 0 Å². The van der Waals surface area contributed by atoms with Crippen LogP contribution in [0.4, 0.5) is 26.3 Å². The Morgan fingerprint density at radius 1 is 0.676 bits per heavy atom. The zero-order chi connectivity index (χ0) is 25.4. The smallest absolute Gasteiger partial charge is 0.203 e. The normalized spacial score (nSPS) is 13.8. The van der Waals surface area contributed by atoms with Crippen LogP contribution in [0.1, 0.15) is 0 Å². The lowest BCUT2D eigenvalue weighted by Gasteiger charge is -2.40. The zero-order valence-corrected chi connectivity index (χ0v) is 19.8. The van der Waals surface area contributed by atoms with E-state index in [4.69, 9.17) is 26.8 Å². The molecule has 3 aromatic carbocycles. The van der Waals surface area contributed by atoms with Gasteiger partial charge < -0.3 is 0 Å². The molecule has 34 heavy (non-hydrogen) atoms. The lowest BCUT2D eigenvalue weighted by molar-refractivity contribution is -0.227. The van der Waals surface area contributed by atoms with Gasteiger partial charge in [-0.1, -0.05) is 41.4 Å². The molecule has 0 amide bonds. The van der Waals surface area contributed by atoms with Crippen molar-refractivity contribution in [1.29, 1.82) is 0 Å². The minimum absolute atomic E-state index is 0.000571. The fraction of sp³-hybridized carbons (Fsp3) is 0.143. The molecule has 0 unspecified atom stereocenters. The van der Waals surface area contributed by atoms with Crippen molar-refractivity contribution in [2.45, 2.75) is 32.3 Å². The summed E-state index contributed by atoms with van der Waals surface area (Å²) in [5.74, 6) is -6.23. The van der Waals surface area contributed by atoms with Gasteiger partial charge in [0.15, 0.2) is 0 Å². The monoisotopic (exact) mass is 562 g/mol. The van der Waals surface area contributed by atoms with Gasteiger partial charge in [-0.15, -0.1) is 0 Å². The lowest BCUT2D eigenvalue weighted by Crippen LogP contribution is -2.52. The number of rotatable bonds is 8. The average molecular weight is 563 g/mol. The second kappa shape index (κ2) is 9.62. The van der Waals surface area contributed by atoms with Crippen LogP contribution in [0.25, 0.3) is 0 Å². The quantitative estimate of drug-likeness (QED) is 0.261. The van der Waals surface area contributed by atoms with Crippen molar-refractivity contribution >= 4 is 43.6 Å². The first kappa shape index (κ1) is 26.7. The van der Waals surface area contributed by atoms with Gasteiger partial charge >= 0.3 is 27.7 Å². The third-order valence-corrected chi connectivity index (χ3v) is 10.3. The Kier molecular flexibility index (Phi) is 7.55. The van der Waals surface area contributed by atoms with Crippen LogP contribution < -0.4 is 0 Å². The largest absolute Gasteiger partial charge is 0.438 e. The summed E-state index contributed by atoms with van der Waals surface area (Å²) in [7, 11) is -10.4. The molecule has 3 rings (SSSR count). The number of alkyl halides is 6. The maximum Gasteiger partial charge on any atom is 0.438 e. The summed E-state index contributed by atoms with van der Waals surface area (Å²) in [4.78, 5) is -0.0743. The molecule has 0 atom stereocenters. The molecule has 0 aliphatic heterocycles. The molecule has 0 bridgehead atoms. The van der Waals surface area contributed by atoms with Gasteiger partial charge in [0.05, 0.1) is 0 Å². The van der Waals surface area contributed by atoms with E-state index >= 15 is 0 Å². The van der Waals surface area contributed by atoms with Gasteiger partial charge in [-0.05, 0) is 71.0 Å².